The molecule has 0 bridgehead atoms. The van der Waals surface area contributed by atoms with Crippen LogP contribution in [0.4, 0.5) is 0 Å². The maximum Gasteiger partial charge on any atom is 0.220 e. The van der Waals surface area contributed by atoms with E-state index in [2.05, 4.69) is 5.32 Å². The average Bonchev–Trinajstić information content (AvgIpc) is 2.33. The van der Waals surface area contributed by atoms with Gasteiger partial charge in [0.1, 0.15) is 5.75 Å². The molecule has 0 heterocycles. The smallest absolute Gasteiger partial charge is 0.220 e. The van der Waals surface area contributed by atoms with Crippen LogP contribution >= 0.6 is 0 Å². The molecule has 0 saturated heterocycles. The fourth-order valence-electron chi connectivity index (χ4n) is 1.29. The third kappa shape index (κ3) is 5.39. The standard InChI is InChI=1S/C13H19NO2/c1-2-10-14-13(15)9-6-11-16-12-7-4-3-5-8-12/h3-5,7-8H,2,6,9-11H2,1H3,(H,14,15). The third-order valence-corrected chi connectivity index (χ3v) is 2.13. The van der Waals surface area contributed by atoms with Crippen molar-refractivity contribution in [3.05, 3.63) is 30.3 Å². The second-order valence-corrected chi connectivity index (χ2v) is 3.62. The van der Waals surface area contributed by atoms with Crippen molar-refractivity contribution in [2.75, 3.05) is 13.2 Å². The van der Waals surface area contributed by atoms with Gasteiger partial charge in [-0.3, -0.25) is 4.79 Å². The number of amides is 1. The molecular formula is C13H19NO2. The molecule has 0 atom stereocenters. The molecule has 0 aliphatic heterocycles. The van der Waals surface area contributed by atoms with Crippen LogP contribution in [0.1, 0.15) is 26.2 Å². The fraction of sp³-hybridized carbons (Fsp3) is 0.462. The highest BCUT2D eigenvalue weighted by Gasteiger charge is 1.99. The highest BCUT2D eigenvalue weighted by molar-refractivity contribution is 5.75. The summed E-state index contributed by atoms with van der Waals surface area (Å²) in [4.78, 5) is 11.2. The Balaban J connectivity index is 2.06. The maximum absolute atomic E-state index is 11.2. The third-order valence-electron chi connectivity index (χ3n) is 2.13. The predicted octanol–water partition coefficient (Wildman–Crippen LogP) is 2.37. The molecule has 0 spiro atoms. The van der Waals surface area contributed by atoms with E-state index in [0.29, 0.717) is 13.0 Å². The van der Waals surface area contributed by atoms with Crippen LogP contribution in [0.5, 0.6) is 5.75 Å². The summed E-state index contributed by atoms with van der Waals surface area (Å²) in [6, 6.07) is 9.64. The van der Waals surface area contributed by atoms with Crippen molar-refractivity contribution < 1.29 is 9.53 Å². The Morgan fingerprint density at radius 2 is 2.06 bits per heavy atom. The van der Waals surface area contributed by atoms with Gasteiger partial charge in [0.15, 0.2) is 0 Å². The van der Waals surface area contributed by atoms with E-state index >= 15 is 0 Å². The quantitative estimate of drug-likeness (QED) is 0.718. The van der Waals surface area contributed by atoms with E-state index in [4.69, 9.17) is 4.74 Å². The summed E-state index contributed by atoms with van der Waals surface area (Å²) in [6.45, 7) is 3.39. The van der Waals surface area contributed by atoms with Crippen LogP contribution in [-0.2, 0) is 4.79 Å². The molecule has 88 valence electrons. The summed E-state index contributed by atoms with van der Waals surface area (Å²) in [5.41, 5.74) is 0. The highest BCUT2D eigenvalue weighted by Crippen LogP contribution is 2.08. The van der Waals surface area contributed by atoms with Crippen molar-refractivity contribution in [1.82, 2.24) is 5.32 Å². The molecule has 0 aliphatic carbocycles. The van der Waals surface area contributed by atoms with Gasteiger partial charge in [0.2, 0.25) is 5.91 Å². The van der Waals surface area contributed by atoms with E-state index in [-0.39, 0.29) is 5.91 Å². The molecular weight excluding hydrogens is 202 g/mol. The number of rotatable bonds is 7. The second kappa shape index (κ2) is 7.74. The molecule has 0 saturated carbocycles. The first-order valence-corrected chi connectivity index (χ1v) is 5.77. The Bertz CT molecular complexity index is 298. The van der Waals surface area contributed by atoms with Crippen LogP contribution < -0.4 is 10.1 Å². The molecule has 1 aromatic rings. The molecule has 1 amide bonds. The van der Waals surface area contributed by atoms with Crippen molar-refractivity contribution in [3.8, 4) is 5.75 Å². The Morgan fingerprint density at radius 1 is 1.31 bits per heavy atom. The van der Waals surface area contributed by atoms with E-state index in [0.717, 1.165) is 25.1 Å². The topological polar surface area (TPSA) is 38.3 Å². The zero-order valence-electron chi connectivity index (χ0n) is 9.74. The zero-order chi connectivity index (χ0) is 11.6. The summed E-state index contributed by atoms with van der Waals surface area (Å²) in [5.74, 6) is 0.968. The minimum atomic E-state index is 0.110. The van der Waals surface area contributed by atoms with E-state index in [9.17, 15) is 4.79 Å². The Kier molecular flexibility index (Phi) is 6.07. The lowest BCUT2D eigenvalue weighted by atomic mass is 10.3. The van der Waals surface area contributed by atoms with E-state index in [1.165, 1.54) is 0 Å². The lowest BCUT2D eigenvalue weighted by molar-refractivity contribution is -0.121. The molecule has 0 aromatic heterocycles. The molecule has 0 fully saturated rings. The highest BCUT2D eigenvalue weighted by atomic mass is 16.5. The summed E-state index contributed by atoms with van der Waals surface area (Å²) in [5, 5.41) is 2.84. The number of ether oxygens (including phenoxy) is 1. The van der Waals surface area contributed by atoms with E-state index in [1.54, 1.807) is 0 Å². The number of carbonyl (C=O) groups excluding carboxylic acids is 1. The van der Waals surface area contributed by atoms with Gasteiger partial charge in [0.05, 0.1) is 6.61 Å². The zero-order valence-corrected chi connectivity index (χ0v) is 9.74. The van der Waals surface area contributed by atoms with Crippen molar-refractivity contribution in [2.24, 2.45) is 0 Å². The summed E-state index contributed by atoms with van der Waals surface area (Å²) < 4.78 is 5.48. The number of nitrogens with one attached hydrogen (secondary N) is 1. The molecule has 0 radical (unpaired) electrons. The Hall–Kier alpha value is -1.51. The Morgan fingerprint density at radius 3 is 2.75 bits per heavy atom. The lowest BCUT2D eigenvalue weighted by Gasteiger charge is -2.06. The second-order valence-electron chi connectivity index (χ2n) is 3.62. The number of para-hydroxylation sites is 1. The normalized spacial score (nSPS) is 9.81. The van der Waals surface area contributed by atoms with Crippen LogP contribution in [0, 0.1) is 0 Å². The largest absolute Gasteiger partial charge is 0.494 e. The minimum Gasteiger partial charge on any atom is -0.494 e. The molecule has 0 unspecified atom stereocenters. The first kappa shape index (κ1) is 12.6. The van der Waals surface area contributed by atoms with Gasteiger partial charge in [0.25, 0.3) is 0 Å². The first-order valence-electron chi connectivity index (χ1n) is 5.77. The Labute approximate surface area is 96.8 Å². The van der Waals surface area contributed by atoms with Crippen LogP contribution in [0.15, 0.2) is 30.3 Å². The van der Waals surface area contributed by atoms with Crippen molar-refractivity contribution in [1.29, 1.82) is 0 Å². The number of hydrogen-bond acceptors (Lipinski definition) is 2. The van der Waals surface area contributed by atoms with Gasteiger partial charge in [-0.25, -0.2) is 0 Å². The van der Waals surface area contributed by atoms with Gasteiger partial charge in [-0.1, -0.05) is 25.1 Å². The lowest BCUT2D eigenvalue weighted by Crippen LogP contribution is -2.24. The predicted molar refractivity (Wildman–Crippen MR) is 64.5 cm³/mol. The molecule has 3 nitrogen and oxygen atoms in total. The van der Waals surface area contributed by atoms with Gasteiger partial charge in [-0.2, -0.15) is 0 Å². The molecule has 1 aromatic carbocycles. The van der Waals surface area contributed by atoms with Crippen LogP contribution in [0.3, 0.4) is 0 Å². The molecule has 1 N–H and O–H groups in total. The summed E-state index contributed by atoms with van der Waals surface area (Å²) in [7, 11) is 0. The van der Waals surface area contributed by atoms with E-state index in [1.807, 2.05) is 37.3 Å². The van der Waals surface area contributed by atoms with Crippen LogP contribution in [-0.4, -0.2) is 19.1 Å². The summed E-state index contributed by atoms with van der Waals surface area (Å²) >= 11 is 0. The SMILES string of the molecule is CCCNC(=O)CCCOc1ccccc1. The first-order chi connectivity index (χ1) is 7.83. The molecule has 1 rings (SSSR count). The van der Waals surface area contributed by atoms with Crippen LogP contribution in [0.25, 0.3) is 0 Å². The number of carbonyl (C=O) groups is 1. The van der Waals surface area contributed by atoms with Gasteiger partial charge in [0, 0.05) is 13.0 Å². The van der Waals surface area contributed by atoms with Gasteiger partial charge in [-0.05, 0) is 25.0 Å². The van der Waals surface area contributed by atoms with Gasteiger partial charge < -0.3 is 10.1 Å². The molecule has 0 aliphatic rings. The van der Waals surface area contributed by atoms with E-state index < -0.39 is 0 Å². The molecule has 16 heavy (non-hydrogen) atoms. The van der Waals surface area contributed by atoms with Crippen molar-refractivity contribution >= 4 is 5.91 Å². The van der Waals surface area contributed by atoms with Gasteiger partial charge >= 0.3 is 0 Å². The average molecular weight is 221 g/mol. The number of benzene rings is 1. The van der Waals surface area contributed by atoms with Gasteiger partial charge in [-0.15, -0.1) is 0 Å². The monoisotopic (exact) mass is 221 g/mol. The maximum atomic E-state index is 11.2. The number of hydrogen-bond donors (Lipinski definition) is 1. The van der Waals surface area contributed by atoms with Crippen molar-refractivity contribution in [3.63, 3.8) is 0 Å². The van der Waals surface area contributed by atoms with Crippen molar-refractivity contribution in [2.45, 2.75) is 26.2 Å². The minimum absolute atomic E-state index is 0.110. The fourth-order valence-corrected chi connectivity index (χ4v) is 1.29. The molecule has 3 heteroatoms. The summed E-state index contributed by atoms with van der Waals surface area (Å²) in [6.07, 6.45) is 2.27. The van der Waals surface area contributed by atoms with Crippen LogP contribution in [0.2, 0.25) is 0 Å².